The summed E-state index contributed by atoms with van der Waals surface area (Å²) in [7, 11) is 1.48. The Morgan fingerprint density at radius 1 is 0.964 bits per heavy atom. The van der Waals surface area contributed by atoms with Crippen LogP contribution in [0.1, 0.15) is 66.5 Å². The highest BCUT2D eigenvalue weighted by Gasteiger charge is 2.43. The van der Waals surface area contributed by atoms with Gasteiger partial charge in [-0.2, -0.15) is 0 Å². The van der Waals surface area contributed by atoms with Crippen molar-refractivity contribution in [2.45, 2.75) is 104 Å². The van der Waals surface area contributed by atoms with E-state index in [-0.39, 0.29) is 106 Å². The number of nitrogens with zero attached hydrogens (tertiary/aromatic N) is 4. The van der Waals surface area contributed by atoms with Crippen molar-refractivity contribution < 1.29 is 52.3 Å². The highest BCUT2D eigenvalue weighted by Crippen LogP contribution is 2.33. The lowest BCUT2D eigenvalue weighted by Crippen LogP contribution is -2.58. The normalized spacial score (nSPS) is 25.0. The summed E-state index contributed by atoms with van der Waals surface area (Å²) >= 11 is 0. The molecule has 4 rings (SSSR count). The van der Waals surface area contributed by atoms with Crippen molar-refractivity contribution in [3.63, 3.8) is 0 Å². The largest absolute Gasteiger partial charge is 0.463 e. The van der Waals surface area contributed by atoms with Crippen molar-refractivity contribution >= 4 is 23.8 Å². The molecule has 2 aromatic heterocycles. The van der Waals surface area contributed by atoms with Crippen LogP contribution in [0.5, 0.6) is 0 Å². The van der Waals surface area contributed by atoms with Gasteiger partial charge in [-0.15, -0.1) is 5.10 Å². The molecule has 2 aromatic rings. The Labute approximate surface area is 317 Å². The van der Waals surface area contributed by atoms with Crippen LogP contribution in [0.4, 0.5) is 0 Å². The number of esters is 2. The smallest absolute Gasteiger partial charge is 0.330 e. The monoisotopic (exact) mass is 779 g/mol. The summed E-state index contributed by atoms with van der Waals surface area (Å²) in [6.45, 7) is 10.3. The number of aromatic nitrogens is 5. The lowest BCUT2D eigenvalue weighted by molar-refractivity contribution is -0.247. The third-order valence-electron chi connectivity index (χ3n) is 9.55. The zero-order valence-electron chi connectivity index (χ0n) is 32.1. The minimum atomic E-state index is -0.818. The average Bonchev–Trinajstić information content (AvgIpc) is 3.78. The Balaban J connectivity index is 1.21. The van der Waals surface area contributed by atoms with E-state index in [0.29, 0.717) is 13.0 Å². The van der Waals surface area contributed by atoms with Crippen LogP contribution in [-0.4, -0.2) is 126 Å². The van der Waals surface area contributed by atoms with Crippen molar-refractivity contribution in [3.05, 3.63) is 33.2 Å². The molecule has 20 heteroatoms. The summed E-state index contributed by atoms with van der Waals surface area (Å²) in [5.74, 6) is -1.44. The minimum absolute atomic E-state index is 0.00289. The van der Waals surface area contributed by atoms with Gasteiger partial charge >= 0.3 is 17.6 Å². The molecule has 0 spiro atoms. The number of carbonyl (C=O) groups is 4. The Morgan fingerprint density at radius 2 is 1.69 bits per heavy atom. The van der Waals surface area contributed by atoms with Gasteiger partial charge in [-0.25, -0.2) is 9.48 Å². The van der Waals surface area contributed by atoms with Gasteiger partial charge in [0.15, 0.2) is 6.29 Å². The second kappa shape index (κ2) is 21.0. The lowest BCUT2D eigenvalue weighted by atomic mass is 9.82. The summed E-state index contributed by atoms with van der Waals surface area (Å²) in [5.41, 5.74) is -1.03. The number of carbonyl (C=O) groups excluding carboxylic acids is 4. The Bertz CT molecular complexity index is 1710. The molecule has 2 aliphatic rings. The van der Waals surface area contributed by atoms with Gasteiger partial charge in [0.05, 0.1) is 76.0 Å². The molecule has 2 saturated heterocycles. The standard InChI is InChI=1S/C35H53N7O13/c1-7-26-27(54-31(46)9-8-29(45)36-6)16-30(53-26)42-17-24(33(47)38-35(42)48)25-18-41(40-39-25)10-11-49-12-13-50-14-15-51-34-32(37-22(4)43)21(3)20(2)28(55-34)19-52-23(5)44/h17-18,20-21,26-28,30,32,34H,7-16,19H2,1-6H3,(H,36,45)(H,37,43)(H,38,47,48)/t20?,21?,26-,27?,28?,30-,32?,34?/m1/s1. The van der Waals surface area contributed by atoms with Crippen LogP contribution in [0.2, 0.25) is 0 Å². The number of aromatic amines is 1. The van der Waals surface area contributed by atoms with E-state index < -0.39 is 47.9 Å². The molecule has 20 nitrogen and oxygen atoms in total. The first-order chi connectivity index (χ1) is 26.3. The van der Waals surface area contributed by atoms with Gasteiger partial charge in [-0.3, -0.25) is 33.5 Å². The van der Waals surface area contributed by atoms with Crippen molar-refractivity contribution in [1.29, 1.82) is 0 Å². The predicted octanol–water partition coefficient (Wildman–Crippen LogP) is 0.0453. The molecule has 2 fully saturated rings. The van der Waals surface area contributed by atoms with Crippen LogP contribution >= 0.6 is 0 Å². The fourth-order valence-electron chi connectivity index (χ4n) is 6.30. The Morgan fingerprint density at radius 3 is 2.38 bits per heavy atom. The molecule has 0 radical (unpaired) electrons. The van der Waals surface area contributed by atoms with Gasteiger partial charge in [0, 0.05) is 39.9 Å². The summed E-state index contributed by atoms with van der Waals surface area (Å²) in [6, 6.07) is -0.388. The maximum atomic E-state index is 12.8. The first-order valence-electron chi connectivity index (χ1n) is 18.5. The highest BCUT2D eigenvalue weighted by atomic mass is 16.7. The number of hydrogen-bond donors (Lipinski definition) is 3. The molecule has 2 aliphatic heterocycles. The first-order valence-corrected chi connectivity index (χ1v) is 18.5. The fraction of sp³-hybridized carbons (Fsp3) is 0.714. The molecule has 6 unspecified atom stereocenters. The molecule has 3 N–H and O–H groups in total. The van der Waals surface area contributed by atoms with Gasteiger partial charge in [0.1, 0.15) is 24.6 Å². The molecule has 2 amide bonds. The van der Waals surface area contributed by atoms with Crippen LogP contribution in [0.15, 0.2) is 22.0 Å². The van der Waals surface area contributed by atoms with Crippen LogP contribution < -0.4 is 21.9 Å². The third kappa shape index (κ3) is 12.5. The van der Waals surface area contributed by atoms with Crippen molar-refractivity contribution in [2.24, 2.45) is 11.8 Å². The summed E-state index contributed by atoms with van der Waals surface area (Å²) < 4.78 is 42.8. The molecular formula is C35H53N7O13. The SMILES string of the molecule is CC[C@H]1O[C@@H](n2cc(-c3cn(CCOCCOCCOC4OC(COC(C)=O)C(C)C(C)C4NC(C)=O)nn3)c(=O)[nH]c2=O)CC1OC(=O)CCC(=O)NC. The summed E-state index contributed by atoms with van der Waals surface area (Å²) in [6.07, 6.45) is 0.396. The number of hydrogen-bond acceptors (Lipinski definition) is 15. The zero-order valence-corrected chi connectivity index (χ0v) is 32.1. The van der Waals surface area contributed by atoms with E-state index in [9.17, 15) is 28.8 Å². The van der Waals surface area contributed by atoms with Crippen molar-refractivity contribution in [3.8, 4) is 11.3 Å². The third-order valence-corrected chi connectivity index (χ3v) is 9.55. The van der Waals surface area contributed by atoms with Crippen LogP contribution in [-0.2, 0) is 58.9 Å². The second-order valence-corrected chi connectivity index (χ2v) is 13.4. The first kappa shape index (κ1) is 43.2. The van der Waals surface area contributed by atoms with E-state index in [2.05, 4.69) is 25.9 Å². The van der Waals surface area contributed by atoms with E-state index in [0.717, 1.165) is 0 Å². The molecule has 55 heavy (non-hydrogen) atoms. The van der Waals surface area contributed by atoms with E-state index in [1.807, 2.05) is 20.8 Å². The van der Waals surface area contributed by atoms with E-state index in [1.165, 1.54) is 36.3 Å². The number of nitrogens with one attached hydrogen (secondary N) is 3. The van der Waals surface area contributed by atoms with E-state index in [1.54, 1.807) is 6.20 Å². The van der Waals surface area contributed by atoms with Crippen LogP contribution in [0, 0.1) is 11.8 Å². The summed E-state index contributed by atoms with van der Waals surface area (Å²) in [4.78, 5) is 74.9. The number of H-pyrrole nitrogens is 1. The lowest BCUT2D eigenvalue weighted by Gasteiger charge is -2.44. The molecule has 0 aromatic carbocycles. The number of rotatable bonds is 20. The number of ether oxygens (including phenoxy) is 7. The van der Waals surface area contributed by atoms with Crippen LogP contribution in [0.25, 0.3) is 11.3 Å². The maximum Gasteiger partial charge on any atom is 0.330 e. The minimum Gasteiger partial charge on any atom is -0.463 e. The molecule has 4 heterocycles. The maximum absolute atomic E-state index is 12.8. The molecule has 306 valence electrons. The molecule has 8 atom stereocenters. The van der Waals surface area contributed by atoms with Gasteiger partial charge in [-0.1, -0.05) is 26.0 Å². The summed E-state index contributed by atoms with van der Waals surface area (Å²) in [5, 5.41) is 13.5. The van der Waals surface area contributed by atoms with E-state index in [4.69, 9.17) is 33.2 Å². The predicted molar refractivity (Wildman–Crippen MR) is 191 cm³/mol. The zero-order chi connectivity index (χ0) is 40.1. The highest BCUT2D eigenvalue weighted by molar-refractivity contribution is 5.81. The van der Waals surface area contributed by atoms with Gasteiger partial charge < -0.3 is 43.8 Å². The Kier molecular flexibility index (Phi) is 16.5. The average molecular weight is 780 g/mol. The molecule has 0 bridgehead atoms. The molecule has 0 aliphatic carbocycles. The fourth-order valence-corrected chi connectivity index (χ4v) is 6.30. The Hall–Kier alpha value is -4.50. The van der Waals surface area contributed by atoms with Gasteiger partial charge in [0.2, 0.25) is 11.8 Å². The van der Waals surface area contributed by atoms with Crippen LogP contribution in [0.3, 0.4) is 0 Å². The van der Waals surface area contributed by atoms with E-state index >= 15 is 0 Å². The van der Waals surface area contributed by atoms with Crippen molar-refractivity contribution in [2.75, 3.05) is 46.7 Å². The van der Waals surface area contributed by atoms with Gasteiger partial charge in [0.25, 0.3) is 5.56 Å². The van der Waals surface area contributed by atoms with Gasteiger partial charge in [-0.05, 0) is 18.3 Å². The van der Waals surface area contributed by atoms with Crippen molar-refractivity contribution in [1.82, 2.24) is 35.2 Å². The number of amides is 2. The molecule has 0 saturated carbocycles. The molecular weight excluding hydrogens is 726 g/mol. The second-order valence-electron chi connectivity index (χ2n) is 13.4. The quantitative estimate of drug-likeness (QED) is 0.119. The topological polar surface area (TPSA) is 243 Å².